The molecule has 0 aliphatic carbocycles. The molecule has 1 aliphatic rings. The predicted octanol–water partition coefficient (Wildman–Crippen LogP) is 3.48. The van der Waals surface area contributed by atoms with Gasteiger partial charge in [0.15, 0.2) is 0 Å². The summed E-state index contributed by atoms with van der Waals surface area (Å²) < 4.78 is 34.0. The van der Waals surface area contributed by atoms with E-state index in [0.717, 1.165) is 11.3 Å². The zero-order valence-electron chi connectivity index (χ0n) is 12.2. The first-order valence-electron chi connectivity index (χ1n) is 7.18. The molecule has 0 bridgehead atoms. The number of fused-ring (bicyclic) bond motifs is 1. The van der Waals surface area contributed by atoms with E-state index < -0.39 is 6.61 Å². The second-order valence-electron chi connectivity index (χ2n) is 5.21. The molecule has 0 radical (unpaired) electrons. The average molecular weight is 319 g/mol. The molecule has 1 amide bonds. The normalized spacial score (nSPS) is 16.4. The molecular weight excluding hydrogens is 304 g/mol. The molecule has 1 atom stereocenters. The molecule has 1 N–H and O–H groups in total. The second-order valence-corrected chi connectivity index (χ2v) is 5.21. The highest BCUT2D eigenvalue weighted by molar-refractivity contribution is 5.93. The van der Waals surface area contributed by atoms with Crippen molar-refractivity contribution in [3.63, 3.8) is 0 Å². The maximum Gasteiger partial charge on any atom is 0.387 e. The number of alkyl halides is 2. The van der Waals surface area contributed by atoms with Crippen molar-refractivity contribution in [2.75, 3.05) is 11.9 Å². The minimum absolute atomic E-state index is 0.0490. The number of hydrogen-bond donors (Lipinski definition) is 1. The summed E-state index contributed by atoms with van der Waals surface area (Å²) in [5, 5.41) is 2.76. The molecule has 3 rings (SSSR count). The number of amides is 1. The average Bonchev–Trinajstić information content (AvgIpc) is 2.55. The maximum absolute atomic E-state index is 12.3. The summed E-state index contributed by atoms with van der Waals surface area (Å²) in [5.41, 5.74) is 1.52. The zero-order valence-corrected chi connectivity index (χ0v) is 12.2. The van der Waals surface area contributed by atoms with Gasteiger partial charge in [-0.15, -0.1) is 0 Å². The highest BCUT2D eigenvalue weighted by atomic mass is 19.3. The van der Waals surface area contributed by atoms with E-state index in [2.05, 4.69) is 10.1 Å². The van der Waals surface area contributed by atoms with Crippen molar-refractivity contribution in [2.24, 2.45) is 5.92 Å². The monoisotopic (exact) mass is 319 g/mol. The van der Waals surface area contributed by atoms with Gasteiger partial charge in [0.25, 0.3) is 0 Å². The number of halogens is 2. The number of anilines is 1. The van der Waals surface area contributed by atoms with Crippen LogP contribution in [0, 0.1) is 5.92 Å². The van der Waals surface area contributed by atoms with Crippen LogP contribution in [0.2, 0.25) is 0 Å². The first kappa shape index (κ1) is 15.3. The van der Waals surface area contributed by atoms with E-state index in [1.807, 2.05) is 24.3 Å². The third-order valence-electron chi connectivity index (χ3n) is 3.60. The molecule has 6 heteroatoms. The van der Waals surface area contributed by atoms with Gasteiger partial charge in [-0.25, -0.2) is 0 Å². The van der Waals surface area contributed by atoms with E-state index in [9.17, 15) is 13.6 Å². The lowest BCUT2D eigenvalue weighted by Crippen LogP contribution is -2.32. The van der Waals surface area contributed by atoms with E-state index in [0.29, 0.717) is 18.7 Å². The summed E-state index contributed by atoms with van der Waals surface area (Å²) in [5.74, 6) is 0.405. The Morgan fingerprint density at radius 1 is 1.17 bits per heavy atom. The van der Waals surface area contributed by atoms with Crippen LogP contribution in [0.1, 0.15) is 5.56 Å². The number of nitrogens with one attached hydrogen (secondary N) is 1. The van der Waals surface area contributed by atoms with Crippen molar-refractivity contribution < 1.29 is 23.0 Å². The Kier molecular flexibility index (Phi) is 4.41. The van der Waals surface area contributed by atoms with Gasteiger partial charge in [-0.3, -0.25) is 4.79 Å². The summed E-state index contributed by atoms with van der Waals surface area (Å²) >= 11 is 0. The highest BCUT2D eigenvalue weighted by Crippen LogP contribution is 2.27. The molecule has 0 aromatic heterocycles. The fourth-order valence-corrected chi connectivity index (χ4v) is 2.46. The van der Waals surface area contributed by atoms with Gasteiger partial charge in [-0.2, -0.15) is 8.78 Å². The fourth-order valence-electron chi connectivity index (χ4n) is 2.46. The molecule has 0 spiro atoms. The van der Waals surface area contributed by atoms with E-state index in [4.69, 9.17) is 4.74 Å². The van der Waals surface area contributed by atoms with Crippen LogP contribution < -0.4 is 14.8 Å². The van der Waals surface area contributed by atoms with Gasteiger partial charge in [0.1, 0.15) is 18.1 Å². The Morgan fingerprint density at radius 2 is 1.91 bits per heavy atom. The lowest BCUT2D eigenvalue weighted by atomic mass is 9.96. The van der Waals surface area contributed by atoms with Crippen LogP contribution in [0.3, 0.4) is 0 Å². The molecule has 2 aromatic carbocycles. The Bertz CT molecular complexity index is 688. The number of ether oxygens (including phenoxy) is 2. The largest absolute Gasteiger partial charge is 0.492 e. The molecule has 0 saturated carbocycles. The van der Waals surface area contributed by atoms with Gasteiger partial charge < -0.3 is 14.8 Å². The first-order chi connectivity index (χ1) is 11.1. The summed E-state index contributed by atoms with van der Waals surface area (Å²) in [7, 11) is 0. The van der Waals surface area contributed by atoms with Crippen LogP contribution in [0.25, 0.3) is 0 Å². The SMILES string of the molecule is O=C(Nc1ccc(OC(F)F)cc1)[C@H]1COc2ccccc2C1. The van der Waals surface area contributed by atoms with Gasteiger partial charge in [0.2, 0.25) is 5.91 Å². The van der Waals surface area contributed by atoms with Crippen molar-refractivity contribution in [1.82, 2.24) is 0 Å². The quantitative estimate of drug-likeness (QED) is 0.938. The standard InChI is InChI=1S/C17H15F2NO3/c18-17(19)23-14-7-5-13(6-8-14)20-16(21)12-9-11-3-1-2-4-15(11)22-10-12/h1-8,12,17H,9-10H2,(H,20,21)/t12-/m1/s1. The van der Waals surface area contributed by atoms with E-state index >= 15 is 0 Å². The molecule has 23 heavy (non-hydrogen) atoms. The third kappa shape index (κ3) is 3.77. The molecule has 1 aliphatic heterocycles. The molecule has 1 heterocycles. The van der Waals surface area contributed by atoms with Crippen molar-refractivity contribution in [2.45, 2.75) is 13.0 Å². The smallest absolute Gasteiger partial charge is 0.387 e. The minimum atomic E-state index is -2.87. The predicted molar refractivity (Wildman–Crippen MR) is 80.8 cm³/mol. The third-order valence-corrected chi connectivity index (χ3v) is 3.60. The Hall–Kier alpha value is -2.63. The number of carbonyl (C=O) groups excluding carboxylic acids is 1. The van der Waals surface area contributed by atoms with Gasteiger partial charge in [-0.05, 0) is 42.3 Å². The van der Waals surface area contributed by atoms with Crippen molar-refractivity contribution >= 4 is 11.6 Å². The topological polar surface area (TPSA) is 47.6 Å². The van der Waals surface area contributed by atoms with E-state index in [1.54, 1.807) is 0 Å². The number of para-hydroxylation sites is 1. The summed E-state index contributed by atoms with van der Waals surface area (Å²) in [4.78, 5) is 12.3. The van der Waals surface area contributed by atoms with Crippen molar-refractivity contribution in [3.8, 4) is 11.5 Å². The summed E-state index contributed by atoms with van der Waals surface area (Å²) in [6.45, 7) is -2.55. The molecule has 0 unspecified atom stereocenters. The number of carbonyl (C=O) groups is 1. The number of benzene rings is 2. The van der Waals surface area contributed by atoms with Crippen LogP contribution in [-0.4, -0.2) is 19.1 Å². The maximum atomic E-state index is 12.3. The molecule has 120 valence electrons. The van der Waals surface area contributed by atoms with Crippen LogP contribution in [0.4, 0.5) is 14.5 Å². The van der Waals surface area contributed by atoms with Crippen LogP contribution in [-0.2, 0) is 11.2 Å². The fraction of sp³-hybridized carbons (Fsp3) is 0.235. The van der Waals surface area contributed by atoms with Crippen molar-refractivity contribution in [3.05, 3.63) is 54.1 Å². The lowest BCUT2D eigenvalue weighted by molar-refractivity contribution is -0.121. The second kappa shape index (κ2) is 6.64. The number of rotatable bonds is 4. The lowest BCUT2D eigenvalue weighted by Gasteiger charge is -2.24. The molecule has 0 saturated heterocycles. The Labute approximate surface area is 132 Å². The highest BCUT2D eigenvalue weighted by Gasteiger charge is 2.25. The summed E-state index contributed by atoms with van der Waals surface area (Å²) in [6.07, 6.45) is 0.606. The molecular formula is C17H15F2NO3. The molecule has 2 aromatic rings. The molecule has 0 fully saturated rings. The first-order valence-corrected chi connectivity index (χ1v) is 7.18. The van der Waals surface area contributed by atoms with E-state index in [-0.39, 0.29) is 17.6 Å². The van der Waals surface area contributed by atoms with Gasteiger partial charge in [0.05, 0.1) is 5.92 Å². The molecule has 4 nitrogen and oxygen atoms in total. The Balaban J connectivity index is 1.61. The van der Waals surface area contributed by atoms with Gasteiger partial charge in [0, 0.05) is 5.69 Å². The zero-order chi connectivity index (χ0) is 16.2. The van der Waals surface area contributed by atoms with Crippen LogP contribution >= 0.6 is 0 Å². The van der Waals surface area contributed by atoms with Crippen LogP contribution in [0.15, 0.2) is 48.5 Å². The Morgan fingerprint density at radius 3 is 2.65 bits per heavy atom. The van der Waals surface area contributed by atoms with Gasteiger partial charge in [-0.1, -0.05) is 18.2 Å². The minimum Gasteiger partial charge on any atom is -0.492 e. The summed E-state index contributed by atoms with van der Waals surface area (Å²) in [6, 6.07) is 13.4. The van der Waals surface area contributed by atoms with Crippen LogP contribution in [0.5, 0.6) is 11.5 Å². The number of hydrogen-bond acceptors (Lipinski definition) is 3. The van der Waals surface area contributed by atoms with Crippen molar-refractivity contribution in [1.29, 1.82) is 0 Å². The van der Waals surface area contributed by atoms with E-state index in [1.165, 1.54) is 24.3 Å². The van der Waals surface area contributed by atoms with Gasteiger partial charge >= 0.3 is 6.61 Å².